The van der Waals surface area contributed by atoms with E-state index in [0.717, 1.165) is 16.6 Å². The van der Waals surface area contributed by atoms with Crippen LogP contribution < -0.4 is 4.74 Å². The van der Waals surface area contributed by atoms with Crippen molar-refractivity contribution >= 4 is 15.9 Å². The van der Waals surface area contributed by atoms with E-state index in [1.54, 1.807) is 7.11 Å². The molecule has 0 aliphatic heterocycles. The van der Waals surface area contributed by atoms with Crippen LogP contribution in [0.3, 0.4) is 0 Å². The lowest BCUT2D eigenvalue weighted by Gasteiger charge is -2.12. The van der Waals surface area contributed by atoms with E-state index in [1.807, 2.05) is 12.1 Å². The van der Waals surface area contributed by atoms with Crippen LogP contribution in [0.4, 0.5) is 0 Å². The summed E-state index contributed by atoms with van der Waals surface area (Å²) in [7, 11) is 1.69. The van der Waals surface area contributed by atoms with Crippen molar-refractivity contribution in [3.05, 3.63) is 64.1 Å². The molecule has 0 N–H and O–H groups in total. The first kappa shape index (κ1) is 13.2. The van der Waals surface area contributed by atoms with E-state index in [9.17, 15) is 0 Å². The lowest BCUT2D eigenvalue weighted by molar-refractivity contribution is 0.414. The maximum Gasteiger partial charge on any atom is 0.118 e. The van der Waals surface area contributed by atoms with Crippen LogP contribution in [0.2, 0.25) is 0 Å². The maximum atomic E-state index is 5.17. The van der Waals surface area contributed by atoms with Gasteiger partial charge in [-0.1, -0.05) is 47.1 Å². The summed E-state index contributed by atoms with van der Waals surface area (Å²) in [6.45, 7) is 2.26. The largest absolute Gasteiger partial charge is 0.497 e. The van der Waals surface area contributed by atoms with Crippen molar-refractivity contribution in [1.82, 2.24) is 0 Å². The topological polar surface area (TPSA) is 9.23 Å². The maximum absolute atomic E-state index is 5.17. The van der Waals surface area contributed by atoms with E-state index < -0.39 is 0 Å². The van der Waals surface area contributed by atoms with Gasteiger partial charge in [0.2, 0.25) is 0 Å². The molecule has 0 spiro atoms. The molecule has 0 saturated heterocycles. The Kier molecular flexibility index (Phi) is 4.43. The molecule has 2 aromatic rings. The van der Waals surface area contributed by atoms with Crippen molar-refractivity contribution in [3.63, 3.8) is 0 Å². The van der Waals surface area contributed by atoms with Gasteiger partial charge in [-0.25, -0.2) is 0 Å². The molecule has 0 saturated carbocycles. The van der Waals surface area contributed by atoms with Gasteiger partial charge in [-0.3, -0.25) is 0 Å². The van der Waals surface area contributed by atoms with Crippen LogP contribution in [0.25, 0.3) is 0 Å². The third kappa shape index (κ3) is 3.36. The Morgan fingerprint density at radius 2 is 1.61 bits per heavy atom. The third-order valence-electron chi connectivity index (χ3n) is 3.14. The molecule has 94 valence electrons. The zero-order valence-electron chi connectivity index (χ0n) is 10.7. The van der Waals surface area contributed by atoms with Gasteiger partial charge < -0.3 is 4.74 Å². The Morgan fingerprint density at radius 1 is 1.00 bits per heavy atom. The van der Waals surface area contributed by atoms with E-state index in [0.29, 0.717) is 5.92 Å². The first-order valence-corrected chi connectivity index (χ1v) is 6.86. The van der Waals surface area contributed by atoms with Crippen LogP contribution in [0.1, 0.15) is 24.0 Å². The summed E-state index contributed by atoms with van der Waals surface area (Å²) in [6.07, 6.45) is 1.05. The molecule has 0 bridgehead atoms. The highest BCUT2D eigenvalue weighted by atomic mass is 79.9. The Balaban J connectivity index is 2.05. The molecule has 0 radical (unpaired) electrons. The Hall–Kier alpha value is -1.28. The fourth-order valence-corrected chi connectivity index (χ4v) is 2.29. The van der Waals surface area contributed by atoms with Crippen LogP contribution in [-0.2, 0) is 6.42 Å². The molecule has 0 aliphatic carbocycles. The fourth-order valence-electron chi connectivity index (χ4n) is 2.02. The summed E-state index contributed by atoms with van der Waals surface area (Å²) >= 11 is 3.46. The summed E-state index contributed by atoms with van der Waals surface area (Å²) in [5, 5.41) is 0. The zero-order chi connectivity index (χ0) is 13.0. The number of hydrogen-bond acceptors (Lipinski definition) is 1. The number of benzene rings is 2. The van der Waals surface area contributed by atoms with Crippen LogP contribution in [0, 0.1) is 0 Å². The number of hydrogen-bond donors (Lipinski definition) is 0. The SMILES string of the molecule is COc1ccc(C[C@@H](C)c2ccc(Br)cc2)cc1. The Bertz CT molecular complexity index is 488. The second-order valence-corrected chi connectivity index (χ2v) is 5.42. The quantitative estimate of drug-likeness (QED) is 0.788. The zero-order valence-corrected chi connectivity index (χ0v) is 12.3. The summed E-state index contributed by atoms with van der Waals surface area (Å²) in [5.74, 6) is 1.43. The van der Waals surface area contributed by atoms with Crippen LogP contribution in [0.15, 0.2) is 53.0 Å². The van der Waals surface area contributed by atoms with Crippen molar-refractivity contribution in [2.24, 2.45) is 0 Å². The standard InChI is InChI=1S/C16H17BrO/c1-12(14-5-7-15(17)8-6-14)11-13-3-9-16(18-2)10-4-13/h3-10,12H,11H2,1-2H3/t12-/m1/s1. The van der Waals surface area contributed by atoms with Gasteiger partial charge in [0.25, 0.3) is 0 Å². The fraction of sp³-hybridized carbons (Fsp3) is 0.250. The normalized spacial score (nSPS) is 12.2. The highest BCUT2D eigenvalue weighted by Gasteiger charge is 2.06. The summed E-state index contributed by atoms with van der Waals surface area (Å²) in [5.41, 5.74) is 2.71. The van der Waals surface area contributed by atoms with E-state index in [-0.39, 0.29) is 0 Å². The van der Waals surface area contributed by atoms with E-state index in [2.05, 4.69) is 59.3 Å². The van der Waals surface area contributed by atoms with E-state index >= 15 is 0 Å². The molecule has 2 aromatic carbocycles. The predicted molar refractivity (Wildman–Crippen MR) is 79.3 cm³/mol. The average Bonchev–Trinajstić information content (AvgIpc) is 2.40. The average molecular weight is 305 g/mol. The van der Waals surface area contributed by atoms with Crippen molar-refractivity contribution in [1.29, 1.82) is 0 Å². The molecule has 2 heteroatoms. The Labute approximate surface area is 117 Å². The molecular formula is C16H17BrO. The third-order valence-corrected chi connectivity index (χ3v) is 3.67. The van der Waals surface area contributed by atoms with Crippen molar-refractivity contribution in [2.45, 2.75) is 19.3 Å². The predicted octanol–water partition coefficient (Wildman–Crippen LogP) is 4.80. The van der Waals surface area contributed by atoms with Crippen molar-refractivity contribution in [3.8, 4) is 5.75 Å². The summed E-state index contributed by atoms with van der Waals surface area (Å²) < 4.78 is 6.29. The number of rotatable bonds is 4. The summed E-state index contributed by atoms with van der Waals surface area (Å²) in [6, 6.07) is 16.9. The van der Waals surface area contributed by atoms with Gasteiger partial charge in [0, 0.05) is 4.47 Å². The minimum Gasteiger partial charge on any atom is -0.497 e. The van der Waals surface area contributed by atoms with Gasteiger partial charge in [-0.15, -0.1) is 0 Å². The highest BCUT2D eigenvalue weighted by molar-refractivity contribution is 9.10. The number of halogens is 1. The number of methoxy groups -OCH3 is 1. The molecule has 1 nitrogen and oxygen atoms in total. The van der Waals surface area contributed by atoms with Gasteiger partial charge >= 0.3 is 0 Å². The van der Waals surface area contributed by atoms with E-state index in [4.69, 9.17) is 4.74 Å². The molecular weight excluding hydrogens is 288 g/mol. The molecule has 0 fully saturated rings. The van der Waals surface area contributed by atoms with Crippen molar-refractivity contribution < 1.29 is 4.74 Å². The molecule has 0 unspecified atom stereocenters. The minimum atomic E-state index is 0.520. The van der Waals surface area contributed by atoms with Gasteiger partial charge in [0.05, 0.1) is 7.11 Å². The van der Waals surface area contributed by atoms with Gasteiger partial charge in [0.1, 0.15) is 5.75 Å². The minimum absolute atomic E-state index is 0.520. The first-order valence-electron chi connectivity index (χ1n) is 6.07. The molecule has 18 heavy (non-hydrogen) atoms. The molecule has 0 aliphatic rings. The van der Waals surface area contributed by atoms with Crippen molar-refractivity contribution in [2.75, 3.05) is 7.11 Å². The molecule has 0 amide bonds. The summed E-state index contributed by atoms with van der Waals surface area (Å²) in [4.78, 5) is 0. The molecule has 1 atom stereocenters. The smallest absolute Gasteiger partial charge is 0.118 e. The monoisotopic (exact) mass is 304 g/mol. The molecule has 0 heterocycles. The first-order chi connectivity index (χ1) is 8.69. The van der Waals surface area contributed by atoms with E-state index in [1.165, 1.54) is 11.1 Å². The van der Waals surface area contributed by atoms with Crippen LogP contribution in [0.5, 0.6) is 5.75 Å². The van der Waals surface area contributed by atoms with Crippen LogP contribution >= 0.6 is 15.9 Å². The van der Waals surface area contributed by atoms with Crippen LogP contribution in [-0.4, -0.2) is 7.11 Å². The lowest BCUT2D eigenvalue weighted by atomic mass is 9.94. The Morgan fingerprint density at radius 3 is 2.17 bits per heavy atom. The highest BCUT2D eigenvalue weighted by Crippen LogP contribution is 2.23. The second-order valence-electron chi connectivity index (χ2n) is 4.50. The van der Waals surface area contributed by atoms with Gasteiger partial charge in [-0.2, -0.15) is 0 Å². The number of ether oxygens (including phenoxy) is 1. The second kappa shape index (κ2) is 6.05. The van der Waals surface area contributed by atoms with Gasteiger partial charge in [-0.05, 0) is 47.7 Å². The van der Waals surface area contributed by atoms with Gasteiger partial charge in [0.15, 0.2) is 0 Å². The molecule has 2 rings (SSSR count). The lowest BCUT2D eigenvalue weighted by Crippen LogP contribution is -1.98. The molecule has 0 aromatic heterocycles.